The molecule has 158 valence electrons. The molecule has 29 heavy (non-hydrogen) atoms. The van der Waals surface area contributed by atoms with Crippen molar-refractivity contribution in [2.45, 2.75) is 64.4 Å². The van der Waals surface area contributed by atoms with Crippen LogP contribution in [0.1, 0.15) is 58.4 Å². The largest absolute Gasteiger partial charge is 0.438 e. The van der Waals surface area contributed by atoms with Gasteiger partial charge in [0.05, 0.1) is 0 Å². The van der Waals surface area contributed by atoms with Gasteiger partial charge in [-0.1, -0.05) is 82.0 Å². The highest BCUT2D eigenvalue weighted by atomic mass is 35.5. The fraction of sp³-hybridized carbons (Fsp3) is 0.500. The molecule has 2 atom stereocenters. The molecule has 0 N–H and O–H groups in total. The number of rotatable bonds is 10. The molecule has 4 nitrogen and oxygen atoms in total. The first-order chi connectivity index (χ1) is 13.8. The number of allylic oxidation sites excluding steroid dienone is 2. The zero-order valence-electron chi connectivity index (χ0n) is 17.5. The van der Waals surface area contributed by atoms with Crippen molar-refractivity contribution in [3.05, 3.63) is 54.1 Å². The Balaban J connectivity index is 1.98. The predicted octanol–water partition coefficient (Wildman–Crippen LogP) is 5.98. The number of ether oxygens (including phenoxy) is 2. The maximum absolute atomic E-state index is 12.7. The van der Waals surface area contributed by atoms with Gasteiger partial charge in [-0.05, 0) is 42.5 Å². The Hall–Kier alpha value is -2.07. The number of benzene rings is 1. The fourth-order valence-corrected chi connectivity index (χ4v) is 3.46. The Morgan fingerprint density at radius 2 is 1.83 bits per heavy atom. The number of hydrogen-bond acceptors (Lipinski definition) is 4. The normalized spacial score (nSPS) is 20.7. The van der Waals surface area contributed by atoms with E-state index in [2.05, 4.69) is 6.92 Å². The van der Waals surface area contributed by atoms with E-state index in [0.29, 0.717) is 5.75 Å². The summed E-state index contributed by atoms with van der Waals surface area (Å²) in [6.45, 7) is 6.03. The number of unbranched alkanes of at least 4 members (excludes halogenated alkanes) is 3. The maximum atomic E-state index is 12.7. The van der Waals surface area contributed by atoms with Crippen LogP contribution in [-0.2, 0) is 20.7 Å². The summed E-state index contributed by atoms with van der Waals surface area (Å²) < 4.78 is 10.9. The van der Waals surface area contributed by atoms with Crippen molar-refractivity contribution in [2.24, 2.45) is 11.8 Å². The first kappa shape index (κ1) is 23.2. The summed E-state index contributed by atoms with van der Waals surface area (Å²) in [6, 6.07) is 7.52. The Morgan fingerprint density at radius 3 is 2.48 bits per heavy atom. The van der Waals surface area contributed by atoms with Gasteiger partial charge in [-0.2, -0.15) is 0 Å². The van der Waals surface area contributed by atoms with Crippen molar-refractivity contribution in [1.82, 2.24) is 0 Å². The van der Waals surface area contributed by atoms with Crippen LogP contribution in [0.3, 0.4) is 0 Å². The van der Waals surface area contributed by atoms with Gasteiger partial charge in [0.25, 0.3) is 0 Å². The SMILES string of the molecule is CCCCCCc1ccc(OC(=O)C2C=CC=CC2(Cl)OC(=O)CC(C)C)cc1. The van der Waals surface area contributed by atoms with E-state index in [1.165, 1.54) is 30.9 Å². The quantitative estimate of drug-likeness (QED) is 0.203. The molecule has 2 rings (SSSR count). The van der Waals surface area contributed by atoms with Gasteiger partial charge >= 0.3 is 11.9 Å². The molecule has 0 amide bonds. The molecule has 0 spiro atoms. The van der Waals surface area contributed by atoms with E-state index < -0.39 is 22.9 Å². The van der Waals surface area contributed by atoms with Crippen LogP contribution in [0.2, 0.25) is 0 Å². The fourth-order valence-electron chi connectivity index (χ4n) is 3.14. The third-order valence-corrected chi connectivity index (χ3v) is 5.16. The molecule has 0 saturated carbocycles. The first-order valence-corrected chi connectivity index (χ1v) is 10.8. The maximum Gasteiger partial charge on any atom is 0.324 e. The number of alkyl halides is 1. The molecule has 2 unspecified atom stereocenters. The second kappa shape index (κ2) is 11.2. The Kier molecular flexibility index (Phi) is 8.97. The lowest BCUT2D eigenvalue weighted by Crippen LogP contribution is -2.42. The van der Waals surface area contributed by atoms with Gasteiger partial charge in [-0.25, -0.2) is 0 Å². The molecule has 0 aliphatic heterocycles. The van der Waals surface area contributed by atoms with E-state index in [-0.39, 0.29) is 12.3 Å². The molecule has 5 heteroatoms. The Labute approximate surface area is 178 Å². The van der Waals surface area contributed by atoms with E-state index in [0.717, 1.165) is 12.8 Å². The highest BCUT2D eigenvalue weighted by molar-refractivity contribution is 6.26. The van der Waals surface area contributed by atoms with Crippen molar-refractivity contribution in [3.63, 3.8) is 0 Å². The number of esters is 2. The van der Waals surface area contributed by atoms with Crippen LogP contribution < -0.4 is 4.74 Å². The predicted molar refractivity (Wildman–Crippen MR) is 116 cm³/mol. The minimum Gasteiger partial charge on any atom is -0.438 e. The molecule has 0 bridgehead atoms. The van der Waals surface area contributed by atoms with Gasteiger partial charge in [0.15, 0.2) is 0 Å². The third-order valence-electron chi connectivity index (χ3n) is 4.72. The van der Waals surface area contributed by atoms with E-state index in [9.17, 15) is 9.59 Å². The molecule has 0 saturated heterocycles. The summed E-state index contributed by atoms with van der Waals surface area (Å²) in [5.74, 6) is -1.34. The summed E-state index contributed by atoms with van der Waals surface area (Å²) in [6.07, 6.45) is 12.6. The van der Waals surface area contributed by atoms with Crippen molar-refractivity contribution in [3.8, 4) is 5.75 Å². The van der Waals surface area contributed by atoms with Crippen LogP contribution in [0.4, 0.5) is 0 Å². The monoisotopic (exact) mass is 418 g/mol. The number of carbonyl (C=O) groups is 2. The summed E-state index contributed by atoms with van der Waals surface area (Å²) in [4.78, 5) is 24.8. The highest BCUT2D eigenvalue weighted by Crippen LogP contribution is 2.35. The highest BCUT2D eigenvalue weighted by Gasteiger charge is 2.44. The second-order valence-corrected chi connectivity index (χ2v) is 8.46. The molecular formula is C24H31ClO4. The Bertz CT molecular complexity index is 736. The average molecular weight is 419 g/mol. The first-order valence-electron chi connectivity index (χ1n) is 10.4. The lowest BCUT2D eigenvalue weighted by molar-refractivity contribution is -0.156. The van der Waals surface area contributed by atoms with E-state index in [4.69, 9.17) is 21.1 Å². The van der Waals surface area contributed by atoms with Crippen LogP contribution in [-0.4, -0.2) is 17.0 Å². The van der Waals surface area contributed by atoms with Crippen molar-refractivity contribution in [2.75, 3.05) is 0 Å². The lowest BCUT2D eigenvalue weighted by atomic mass is 9.96. The summed E-state index contributed by atoms with van der Waals surface area (Å²) in [5.41, 5.74) is 1.22. The number of hydrogen-bond donors (Lipinski definition) is 0. The number of carbonyl (C=O) groups excluding carboxylic acids is 2. The van der Waals surface area contributed by atoms with Gasteiger partial charge < -0.3 is 9.47 Å². The molecule has 0 heterocycles. The van der Waals surface area contributed by atoms with Gasteiger partial charge in [0, 0.05) is 6.42 Å². The van der Waals surface area contributed by atoms with Crippen LogP contribution in [0.25, 0.3) is 0 Å². The van der Waals surface area contributed by atoms with Gasteiger partial charge in [0.2, 0.25) is 5.06 Å². The minimum absolute atomic E-state index is 0.136. The smallest absolute Gasteiger partial charge is 0.324 e. The molecule has 0 aromatic heterocycles. The zero-order chi connectivity index (χ0) is 21.3. The lowest BCUT2D eigenvalue weighted by Gasteiger charge is -2.31. The second-order valence-electron chi connectivity index (χ2n) is 7.87. The number of aryl methyl sites for hydroxylation is 1. The molecule has 1 aliphatic rings. The third kappa shape index (κ3) is 7.36. The van der Waals surface area contributed by atoms with Gasteiger partial charge in [-0.3, -0.25) is 9.59 Å². The van der Waals surface area contributed by atoms with Gasteiger partial charge in [0.1, 0.15) is 11.7 Å². The molecule has 1 aliphatic carbocycles. The summed E-state index contributed by atoms with van der Waals surface area (Å²) in [5, 5.41) is -1.57. The van der Waals surface area contributed by atoms with Crippen LogP contribution in [0.15, 0.2) is 48.6 Å². The molecule has 1 aromatic carbocycles. The van der Waals surface area contributed by atoms with E-state index in [1.807, 2.05) is 26.0 Å². The average Bonchev–Trinajstić information content (AvgIpc) is 2.65. The Morgan fingerprint density at radius 1 is 1.10 bits per heavy atom. The molecular weight excluding hydrogens is 388 g/mol. The van der Waals surface area contributed by atoms with Crippen LogP contribution >= 0.6 is 11.6 Å². The van der Waals surface area contributed by atoms with Crippen molar-refractivity contribution in [1.29, 1.82) is 0 Å². The van der Waals surface area contributed by atoms with Crippen LogP contribution in [0, 0.1) is 11.8 Å². The van der Waals surface area contributed by atoms with Crippen molar-refractivity contribution < 1.29 is 19.1 Å². The molecule has 0 radical (unpaired) electrons. The minimum atomic E-state index is -1.57. The topological polar surface area (TPSA) is 52.6 Å². The summed E-state index contributed by atoms with van der Waals surface area (Å²) >= 11 is 6.51. The molecule has 1 aromatic rings. The van der Waals surface area contributed by atoms with E-state index in [1.54, 1.807) is 30.4 Å². The van der Waals surface area contributed by atoms with Crippen LogP contribution in [0.5, 0.6) is 5.75 Å². The number of halogens is 1. The zero-order valence-corrected chi connectivity index (χ0v) is 18.3. The summed E-state index contributed by atoms with van der Waals surface area (Å²) in [7, 11) is 0. The van der Waals surface area contributed by atoms with Gasteiger partial charge in [-0.15, -0.1) is 0 Å². The standard InChI is InChI=1S/C24H31ClO4/c1-4-5-6-7-10-19-12-14-20(15-13-19)28-23(27)21-11-8-9-16-24(21,25)29-22(26)17-18(2)3/h8-9,11-16,18,21H,4-7,10,17H2,1-3H3. The van der Waals surface area contributed by atoms with E-state index >= 15 is 0 Å². The van der Waals surface area contributed by atoms with Crippen molar-refractivity contribution >= 4 is 23.5 Å². The molecule has 0 fully saturated rings.